The van der Waals surface area contributed by atoms with Crippen LogP contribution in [0.5, 0.6) is 0 Å². The Kier molecular flexibility index (Phi) is 6.11. The molecule has 25 heavy (non-hydrogen) atoms. The number of carbonyl (C=O) groups is 1. The van der Waals surface area contributed by atoms with Crippen LogP contribution in [0.1, 0.15) is 12.5 Å². The number of thioether (sulfide) groups is 2. The summed E-state index contributed by atoms with van der Waals surface area (Å²) >= 11 is 4.39. The molecular weight excluding hydrogens is 374 g/mol. The third-order valence-electron chi connectivity index (χ3n) is 3.23. The van der Waals surface area contributed by atoms with E-state index in [9.17, 15) is 4.79 Å². The standard InChI is InChI=1S/C16H17N5OS3/c1-3-23-16-20-19-14(25-16)18-13(22)10-24-15-17-8-9-21(15)12-7-5-4-6-11(12)2/h4-9H,3,10H2,1-2H3,(H,18,19,22). The van der Waals surface area contributed by atoms with Gasteiger partial charge in [0.15, 0.2) is 9.50 Å². The number of aryl methyl sites for hydroxylation is 1. The number of amides is 1. The molecule has 0 atom stereocenters. The van der Waals surface area contributed by atoms with Crippen LogP contribution in [0.15, 0.2) is 46.2 Å². The molecule has 0 radical (unpaired) electrons. The maximum atomic E-state index is 12.2. The van der Waals surface area contributed by atoms with E-state index in [4.69, 9.17) is 0 Å². The minimum atomic E-state index is -0.117. The molecule has 0 unspecified atom stereocenters. The van der Waals surface area contributed by atoms with E-state index < -0.39 is 0 Å². The summed E-state index contributed by atoms with van der Waals surface area (Å²) in [6.45, 7) is 4.11. The molecule has 3 rings (SSSR count). The van der Waals surface area contributed by atoms with E-state index in [1.54, 1.807) is 18.0 Å². The van der Waals surface area contributed by atoms with Crippen LogP contribution >= 0.6 is 34.9 Å². The van der Waals surface area contributed by atoms with E-state index in [0.717, 1.165) is 26.5 Å². The minimum absolute atomic E-state index is 0.117. The second kappa shape index (κ2) is 8.50. The molecule has 1 amide bonds. The van der Waals surface area contributed by atoms with Crippen LogP contribution < -0.4 is 5.32 Å². The van der Waals surface area contributed by atoms with Gasteiger partial charge in [-0.2, -0.15) is 0 Å². The van der Waals surface area contributed by atoms with Crippen molar-refractivity contribution in [2.24, 2.45) is 0 Å². The molecule has 0 aliphatic heterocycles. The maximum absolute atomic E-state index is 12.2. The third kappa shape index (κ3) is 4.62. The van der Waals surface area contributed by atoms with Gasteiger partial charge in [0.05, 0.1) is 11.4 Å². The molecule has 130 valence electrons. The number of hydrogen-bond donors (Lipinski definition) is 1. The lowest BCUT2D eigenvalue weighted by atomic mass is 10.2. The molecule has 3 aromatic rings. The van der Waals surface area contributed by atoms with Gasteiger partial charge in [-0.25, -0.2) is 4.98 Å². The van der Waals surface area contributed by atoms with Crippen LogP contribution in [-0.4, -0.2) is 37.2 Å². The van der Waals surface area contributed by atoms with Gasteiger partial charge in [-0.05, 0) is 24.3 Å². The monoisotopic (exact) mass is 391 g/mol. The fourth-order valence-electron chi connectivity index (χ4n) is 2.14. The van der Waals surface area contributed by atoms with Gasteiger partial charge in [0.2, 0.25) is 11.0 Å². The Balaban J connectivity index is 1.61. The first-order valence-electron chi connectivity index (χ1n) is 7.65. The highest BCUT2D eigenvalue weighted by Crippen LogP contribution is 2.26. The van der Waals surface area contributed by atoms with Crippen LogP contribution in [0.4, 0.5) is 5.13 Å². The second-order valence-electron chi connectivity index (χ2n) is 5.01. The lowest BCUT2D eigenvalue weighted by Crippen LogP contribution is -2.14. The summed E-state index contributed by atoms with van der Waals surface area (Å²) in [6.07, 6.45) is 3.65. The second-order valence-corrected chi connectivity index (χ2v) is 8.44. The van der Waals surface area contributed by atoms with Gasteiger partial charge >= 0.3 is 0 Å². The van der Waals surface area contributed by atoms with E-state index in [0.29, 0.717) is 5.13 Å². The van der Waals surface area contributed by atoms with Crippen molar-refractivity contribution in [3.8, 4) is 5.69 Å². The lowest BCUT2D eigenvalue weighted by Gasteiger charge is -2.09. The number of benzene rings is 1. The number of para-hydroxylation sites is 1. The summed E-state index contributed by atoms with van der Waals surface area (Å²) in [4.78, 5) is 16.5. The van der Waals surface area contributed by atoms with Crippen LogP contribution in [0, 0.1) is 6.92 Å². The summed E-state index contributed by atoms with van der Waals surface area (Å²) < 4.78 is 2.86. The molecule has 0 bridgehead atoms. The smallest absolute Gasteiger partial charge is 0.236 e. The first-order chi connectivity index (χ1) is 12.2. The third-order valence-corrected chi connectivity index (χ3v) is 6.06. The molecule has 0 fully saturated rings. The molecule has 0 aliphatic rings. The number of hydrogen-bond acceptors (Lipinski definition) is 7. The molecule has 9 heteroatoms. The predicted molar refractivity (Wildman–Crippen MR) is 104 cm³/mol. The van der Waals surface area contributed by atoms with Crippen molar-refractivity contribution < 1.29 is 4.79 Å². The molecule has 0 aliphatic carbocycles. The molecule has 0 saturated heterocycles. The van der Waals surface area contributed by atoms with Gasteiger partial charge in [-0.1, -0.05) is 60.0 Å². The SMILES string of the molecule is CCSc1nnc(NC(=O)CSc2nccn2-c2ccccc2C)s1. The van der Waals surface area contributed by atoms with Gasteiger partial charge in [0.25, 0.3) is 0 Å². The van der Waals surface area contributed by atoms with Gasteiger partial charge in [-0.3, -0.25) is 14.7 Å². The van der Waals surface area contributed by atoms with Crippen LogP contribution in [0.3, 0.4) is 0 Å². The Morgan fingerprint density at radius 1 is 1.28 bits per heavy atom. The Bertz CT molecular complexity index is 861. The Labute approximate surface area is 158 Å². The molecule has 6 nitrogen and oxygen atoms in total. The van der Waals surface area contributed by atoms with Crippen molar-refractivity contribution in [2.75, 3.05) is 16.8 Å². The number of nitrogens with zero attached hydrogens (tertiary/aromatic N) is 4. The number of carbonyl (C=O) groups excluding carboxylic acids is 1. The fourth-order valence-corrected chi connectivity index (χ4v) is 4.57. The maximum Gasteiger partial charge on any atom is 0.236 e. The number of rotatable bonds is 7. The molecule has 1 N–H and O–H groups in total. The van der Waals surface area contributed by atoms with E-state index in [1.807, 2.05) is 29.0 Å². The van der Waals surface area contributed by atoms with Crippen LogP contribution in [0.2, 0.25) is 0 Å². The van der Waals surface area contributed by atoms with E-state index >= 15 is 0 Å². The van der Waals surface area contributed by atoms with Crippen molar-refractivity contribution in [1.29, 1.82) is 0 Å². The highest BCUT2D eigenvalue weighted by molar-refractivity contribution is 8.01. The zero-order chi connectivity index (χ0) is 17.6. The highest BCUT2D eigenvalue weighted by atomic mass is 32.2. The van der Waals surface area contributed by atoms with Crippen LogP contribution in [-0.2, 0) is 4.79 Å². The van der Waals surface area contributed by atoms with Crippen molar-refractivity contribution in [1.82, 2.24) is 19.7 Å². The van der Waals surface area contributed by atoms with E-state index in [-0.39, 0.29) is 11.7 Å². The molecule has 0 saturated carbocycles. The first kappa shape index (κ1) is 18.0. The average molecular weight is 392 g/mol. The van der Waals surface area contributed by atoms with Gasteiger partial charge < -0.3 is 0 Å². The quantitative estimate of drug-likeness (QED) is 0.487. The normalized spacial score (nSPS) is 10.8. The summed E-state index contributed by atoms with van der Waals surface area (Å²) in [5, 5.41) is 12.1. The van der Waals surface area contributed by atoms with E-state index in [2.05, 4.69) is 40.4 Å². The summed E-state index contributed by atoms with van der Waals surface area (Å²) in [5.41, 5.74) is 2.22. The molecule has 0 spiro atoms. The summed E-state index contributed by atoms with van der Waals surface area (Å²) in [6, 6.07) is 8.08. The Hall–Kier alpha value is -1.84. The minimum Gasteiger partial charge on any atom is -0.300 e. The molecular formula is C16H17N5OS3. The zero-order valence-electron chi connectivity index (χ0n) is 13.8. The van der Waals surface area contributed by atoms with E-state index in [1.165, 1.54) is 23.1 Å². The number of aromatic nitrogens is 4. The molecule has 2 aromatic heterocycles. The van der Waals surface area contributed by atoms with Gasteiger partial charge in [0, 0.05) is 12.4 Å². The molecule has 2 heterocycles. The van der Waals surface area contributed by atoms with Crippen LogP contribution in [0.25, 0.3) is 5.69 Å². The summed E-state index contributed by atoms with van der Waals surface area (Å²) in [5.74, 6) is 1.08. The van der Waals surface area contributed by atoms with Crippen molar-refractivity contribution >= 4 is 45.9 Å². The average Bonchev–Trinajstić information content (AvgIpc) is 3.23. The van der Waals surface area contributed by atoms with Crippen molar-refractivity contribution in [3.05, 3.63) is 42.2 Å². The number of imidazole rings is 1. The number of nitrogens with one attached hydrogen (secondary N) is 1. The predicted octanol–water partition coefficient (Wildman–Crippen LogP) is 3.88. The fraction of sp³-hybridized carbons (Fsp3) is 0.250. The largest absolute Gasteiger partial charge is 0.300 e. The molecule has 1 aromatic carbocycles. The van der Waals surface area contributed by atoms with Crippen molar-refractivity contribution in [2.45, 2.75) is 23.3 Å². The van der Waals surface area contributed by atoms with Gasteiger partial charge in [0.1, 0.15) is 0 Å². The summed E-state index contributed by atoms with van der Waals surface area (Å²) in [7, 11) is 0. The topological polar surface area (TPSA) is 72.7 Å². The number of anilines is 1. The first-order valence-corrected chi connectivity index (χ1v) is 10.4. The zero-order valence-corrected chi connectivity index (χ0v) is 16.2. The van der Waals surface area contributed by atoms with Crippen molar-refractivity contribution in [3.63, 3.8) is 0 Å². The highest BCUT2D eigenvalue weighted by Gasteiger charge is 2.12. The Morgan fingerprint density at radius 3 is 2.92 bits per heavy atom. The Morgan fingerprint density at radius 2 is 2.12 bits per heavy atom. The lowest BCUT2D eigenvalue weighted by molar-refractivity contribution is -0.113. The van der Waals surface area contributed by atoms with Gasteiger partial charge in [-0.15, -0.1) is 10.2 Å².